The van der Waals surface area contributed by atoms with Crippen LogP contribution in [0.25, 0.3) is 11.3 Å². The van der Waals surface area contributed by atoms with Crippen LogP contribution in [0.4, 0.5) is 4.39 Å². The van der Waals surface area contributed by atoms with E-state index in [1.165, 1.54) is 12.4 Å². The highest BCUT2D eigenvalue weighted by molar-refractivity contribution is 7.71. The normalized spacial score (nSPS) is 10.4. The van der Waals surface area contributed by atoms with E-state index in [0.717, 1.165) is 5.56 Å². The lowest BCUT2D eigenvalue weighted by Gasteiger charge is -2.06. The molecule has 0 saturated carbocycles. The summed E-state index contributed by atoms with van der Waals surface area (Å²) in [5.74, 6) is -0.382. The van der Waals surface area contributed by atoms with Gasteiger partial charge in [0.1, 0.15) is 10.5 Å². The zero-order valence-electron chi connectivity index (χ0n) is 8.42. The molecule has 0 aliphatic carbocycles. The lowest BCUT2D eigenvalue weighted by atomic mass is 10.1. The Bertz CT molecular complexity index is 595. The van der Waals surface area contributed by atoms with Crippen molar-refractivity contribution < 1.29 is 4.39 Å². The molecule has 5 heteroatoms. The van der Waals surface area contributed by atoms with Crippen molar-refractivity contribution in [3.63, 3.8) is 0 Å². The third-order valence-electron chi connectivity index (χ3n) is 2.29. The van der Waals surface area contributed by atoms with Gasteiger partial charge in [0.05, 0.1) is 12.0 Å². The van der Waals surface area contributed by atoms with Gasteiger partial charge in [0.2, 0.25) is 0 Å². The Morgan fingerprint density at radius 3 is 2.88 bits per heavy atom. The second kappa shape index (κ2) is 4.31. The van der Waals surface area contributed by atoms with E-state index in [2.05, 4.69) is 9.97 Å². The van der Waals surface area contributed by atoms with E-state index in [1.54, 1.807) is 19.1 Å². The van der Waals surface area contributed by atoms with Crippen LogP contribution in [-0.4, -0.2) is 9.97 Å². The largest absolute Gasteiger partial charge is 0.345 e. The first kappa shape index (κ1) is 11.2. The second-order valence-electron chi connectivity index (χ2n) is 3.33. The quantitative estimate of drug-likeness (QED) is 0.782. The molecule has 0 aliphatic rings. The van der Waals surface area contributed by atoms with Gasteiger partial charge < -0.3 is 4.98 Å². The maximum atomic E-state index is 13.7. The molecule has 1 N–H and O–H groups in total. The van der Waals surface area contributed by atoms with Crippen LogP contribution < -0.4 is 0 Å². The lowest BCUT2D eigenvalue weighted by molar-refractivity contribution is 0.630. The molecule has 0 radical (unpaired) electrons. The molecule has 0 unspecified atom stereocenters. The summed E-state index contributed by atoms with van der Waals surface area (Å²) < 4.78 is 14.2. The summed E-state index contributed by atoms with van der Waals surface area (Å²) in [6, 6.07) is 4.52. The van der Waals surface area contributed by atoms with Crippen LogP contribution in [0.1, 0.15) is 5.56 Å². The summed E-state index contributed by atoms with van der Waals surface area (Å²) in [4.78, 5) is 6.82. The Kier molecular flexibility index (Phi) is 3.03. The molecule has 1 aromatic carbocycles. The van der Waals surface area contributed by atoms with E-state index in [-0.39, 0.29) is 5.82 Å². The average molecular weight is 255 g/mol. The molecule has 2 aromatic rings. The average Bonchev–Trinajstić information content (AvgIpc) is 2.23. The summed E-state index contributed by atoms with van der Waals surface area (Å²) >= 11 is 10.7. The molecule has 0 saturated heterocycles. The van der Waals surface area contributed by atoms with Gasteiger partial charge in [-0.05, 0) is 25.1 Å². The Labute approximate surface area is 102 Å². The van der Waals surface area contributed by atoms with Crippen molar-refractivity contribution in [2.45, 2.75) is 6.92 Å². The Morgan fingerprint density at radius 1 is 1.44 bits per heavy atom. The number of benzene rings is 1. The second-order valence-corrected chi connectivity index (χ2v) is 4.15. The van der Waals surface area contributed by atoms with Gasteiger partial charge in [0.25, 0.3) is 0 Å². The van der Waals surface area contributed by atoms with Crippen molar-refractivity contribution in [2.75, 3.05) is 0 Å². The molecule has 16 heavy (non-hydrogen) atoms. The Morgan fingerprint density at radius 2 is 2.19 bits per heavy atom. The number of hydrogen-bond donors (Lipinski definition) is 1. The van der Waals surface area contributed by atoms with E-state index < -0.39 is 0 Å². The van der Waals surface area contributed by atoms with E-state index in [1.807, 2.05) is 0 Å². The molecule has 1 heterocycles. The van der Waals surface area contributed by atoms with Crippen molar-refractivity contribution in [1.29, 1.82) is 0 Å². The van der Waals surface area contributed by atoms with E-state index in [4.69, 9.17) is 23.8 Å². The number of aromatic nitrogens is 2. The number of nitrogens with zero attached hydrogens (tertiary/aromatic N) is 1. The summed E-state index contributed by atoms with van der Waals surface area (Å²) in [5, 5.41) is 0.367. The predicted molar refractivity (Wildman–Crippen MR) is 64.6 cm³/mol. The zero-order valence-corrected chi connectivity index (χ0v) is 9.99. The third kappa shape index (κ3) is 1.99. The molecule has 0 fully saturated rings. The van der Waals surface area contributed by atoms with Crippen LogP contribution in [0.5, 0.6) is 0 Å². The molecule has 0 spiro atoms. The Balaban J connectivity index is 2.68. The first-order valence-corrected chi connectivity index (χ1v) is 5.38. The van der Waals surface area contributed by atoms with E-state index in [9.17, 15) is 4.39 Å². The van der Waals surface area contributed by atoms with Crippen molar-refractivity contribution >= 4 is 23.8 Å². The topological polar surface area (TPSA) is 28.7 Å². The molecule has 2 nitrogen and oxygen atoms in total. The van der Waals surface area contributed by atoms with Gasteiger partial charge in [-0.1, -0.05) is 23.8 Å². The van der Waals surface area contributed by atoms with Gasteiger partial charge in [0.15, 0.2) is 0 Å². The zero-order chi connectivity index (χ0) is 11.7. The van der Waals surface area contributed by atoms with Crippen molar-refractivity contribution in [3.05, 3.63) is 45.6 Å². The van der Waals surface area contributed by atoms with Gasteiger partial charge in [0, 0.05) is 16.1 Å². The minimum atomic E-state index is -0.382. The fraction of sp³-hybridized carbons (Fsp3) is 0.0909. The summed E-state index contributed by atoms with van der Waals surface area (Å²) in [6.45, 7) is 1.80. The molecule has 1 aromatic heterocycles. The molecule has 0 atom stereocenters. The minimum Gasteiger partial charge on any atom is -0.345 e. The molecule has 0 amide bonds. The summed E-state index contributed by atoms with van der Waals surface area (Å²) in [5.41, 5.74) is 1.82. The fourth-order valence-corrected chi connectivity index (χ4v) is 1.75. The van der Waals surface area contributed by atoms with Gasteiger partial charge >= 0.3 is 0 Å². The van der Waals surface area contributed by atoms with Crippen LogP contribution in [0.3, 0.4) is 0 Å². The van der Waals surface area contributed by atoms with E-state index >= 15 is 0 Å². The number of H-pyrrole nitrogens is 1. The fourth-order valence-electron chi connectivity index (χ4n) is 1.44. The van der Waals surface area contributed by atoms with Crippen LogP contribution >= 0.6 is 23.8 Å². The van der Waals surface area contributed by atoms with Gasteiger partial charge in [-0.25, -0.2) is 9.37 Å². The molecule has 2 rings (SSSR count). The maximum Gasteiger partial charge on any atom is 0.134 e. The summed E-state index contributed by atoms with van der Waals surface area (Å²) in [7, 11) is 0. The lowest BCUT2D eigenvalue weighted by Crippen LogP contribution is -1.94. The molecular formula is C11H8ClFN2S. The number of aromatic amines is 1. The molecular weight excluding hydrogens is 247 g/mol. The highest BCUT2D eigenvalue weighted by Crippen LogP contribution is 2.25. The third-order valence-corrected chi connectivity index (χ3v) is 2.93. The number of halogens is 2. The number of nitrogens with one attached hydrogen (secondary N) is 1. The van der Waals surface area contributed by atoms with Crippen LogP contribution in [0.2, 0.25) is 5.02 Å². The first-order valence-electron chi connectivity index (χ1n) is 4.59. The molecule has 0 aliphatic heterocycles. The number of hydrogen-bond acceptors (Lipinski definition) is 2. The highest BCUT2D eigenvalue weighted by atomic mass is 35.5. The van der Waals surface area contributed by atoms with Crippen LogP contribution in [0, 0.1) is 17.4 Å². The molecule has 82 valence electrons. The predicted octanol–water partition coefficient (Wildman–Crippen LogP) is 3.91. The van der Waals surface area contributed by atoms with Crippen molar-refractivity contribution in [2.24, 2.45) is 0 Å². The standard InChI is InChI=1S/C11H8ClFN2S/c1-6-10(14-5-15-11(6)16)8-3-2-7(12)4-9(8)13/h2-5H,1H3,(H,14,15,16). The van der Waals surface area contributed by atoms with E-state index in [0.29, 0.717) is 20.9 Å². The summed E-state index contributed by atoms with van der Waals surface area (Å²) in [6.07, 6.45) is 1.46. The van der Waals surface area contributed by atoms with Gasteiger partial charge in [-0.3, -0.25) is 0 Å². The Hall–Kier alpha value is -1.26. The molecule has 0 bridgehead atoms. The van der Waals surface area contributed by atoms with Gasteiger partial charge in [-0.2, -0.15) is 0 Å². The van der Waals surface area contributed by atoms with Crippen molar-refractivity contribution in [1.82, 2.24) is 9.97 Å². The van der Waals surface area contributed by atoms with Crippen molar-refractivity contribution in [3.8, 4) is 11.3 Å². The highest BCUT2D eigenvalue weighted by Gasteiger charge is 2.09. The smallest absolute Gasteiger partial charge is 0.134 e. The maximum absolute atomic E-state index is 13.7. The number of rotatable bonds is 1. The van der Waals surface area contributed by atoms with Crippen LogP contribution in [-0.2, 0) is 0 Å². The first-order chi connectivity index (χ1) is 7.59. The minimum absolute atomic E-state index is 0.367. The SMILES string of the molecule is Cc1c(-c2ccc(Cl)cc2F)[nH]cnc1=S. The van der Waals surface area contributed by atoms with Crippen LogP contribution in [0.15, 0.2) is 24.5 Å². The monoisotopic (exact) mass is 254 g/mol. The van der Waals surface area contributed by atoms with Gasteiger partial charge in [-0.15, -0.1) is 0 Å².